The highest BCUT2D eigenvalue weighted by Gasteiger charge is 2.36. The largest absolute Gasteiger partial charge is 0.326 e. The Morgan fingerprint density at radius 3 is 2.61 bits per heavy atom. The number of aryl methyl sites for hydroxylation is 1. The molecule has 3 aromatic rings. The second-order valence-electron chi connectivity index (χ2n) is 8.01. The van der Waals surface area contributed by atoms with Crippen molar-refractivity contribution in [3.63, 3.8) is 0 Å². The number of amides is 2. The van der Waals surface area contributed by atoms with Crippen LogP contribution >= 0.6 is 11.6 Å². The lowest BCUT2D eigenvalue weighted by Gasteiger charge is -2.11. The summed E-state index contributed by atoms with van der Waals surface area (Å²) in [4.78, 5) is 25.3. The van der Waals surface area contributed by atoms with Crippen LogP contribution in [0.3, 0.4) is 0 Å². The molecule has 0 bridgehead atoms. The first-order chi connectivity index (χ1) is 14.9. The summed E-state index contributed by atoms with van der Waals surface area (Å²) in [5, 5.41) is 11.1. The Hall–Kier alpha value is -3.12. The highest BCUT2D eigenvalue weighted by molar-refractivity contribution is 6.30. The van der Waals surface area contributed by atoms with Crippen LogP contribution < -0.4 is 10.6 Å². The molecule has 1 aromatic heterocycles. The fourth-order valence-corrected chi connectivity index (χ4v) is 4.04. The van der Waals surface area contributed by atoms with Crippen LogP contribution in [0.2, 0.25) is 5.02 Å². The van der Waals surface area contributed by atoms with Gasteiger partial charge in [0.25, 0.3) is 5.91 Å². The van der Waals surface area contributed by atoms with Gasteiger partial charge in [-0.2, -0.15) is 5.10 Å². The number of fused-ring (bicyclic) bond motifs is 1. The van der Waals surface area contributed by atoms with Gasteiger partial charge in [-0.15, -0.1) is 0 Å². The topological polar surface area (TPSA) is 76.0 Å². The number of hydrogen-bond acceptors (Lipinski definition) is 3. The van der Waals surface area contributed by atoms with E-state index < -0.39 is 6.04 Å². The molecule has 31 heavy (non-hydrogen) atoms. The lowest BCUT2D eigenvalue weighted by molar-refractivity contribution is -0.123. The summed E-state index contributed by atoms with van der Waals surface area (Å²) in [7, 11) is 0. The van der Waals surface area contributed by atoms with Crippen molar-refractivity contribution in [1.82, 2.24) is 9.78 Å². The first-order valence-corrected chi connectivity index (χ1v) is 10.8. The van der Waals surface area contributed by atoms with Crippen molar-refractivity contribution >= 4 is 34.9 Å². The van der Waals surface area contributed by atoms with Gasteiger partial charge < -0.3 is 10.6 Å². The van der Waals surface area contributed by atoms with E-state index in [1.54, 1.807) is 10.7 Å². The van der Waals surface area contributed by atoms with Crippen LogP contribution in [0.1, 0.15) is 50.4 Å². The number of nitrogens with one attached hydrogen (secondary N) is 2. The summed E-state index contributed by atoms with van der Waals surface area (Å²) in [6.45, 7) is 6.25. The van der Waals surface area contributed by atoms with Crippen molar-refractivity contribution in [3.05, 3.63) is 64.8 Å². The van der Waals surface area contributed by atoms with E-state index >= 15 is 0 Å². The normalized spacial score (nSPS) is 15.1. The van der Waals surface area contributed by atoms with Crippen LogP contribution in [0.5, 0.6) is 0 Å². The molecule has 0 radical (unpaired) electrons. The molecular weight excluding hydrogens is 412 g/mol. The molecule has 1 aliphatic heterocycles. The monoisotopic (exact) mass is 436 g/mol. The molecule has 2 N–H and O–H groups in total. The van der Waals surface area contributed by atoms with Crippen LogP contribution in [-0.4, -0.2) is 21.6 Å². The zero-order chi connectivity index (χ0) is 22.1. The summed E-state index contributed by atoms with van der Waals surface area (Å²) in [6.07, 6.45) is 0.698. The zero-order valence-corrected chi connectivity index (χ0v) is 18.5. The highest BCUT2D eigenvalue weighted by atomic mass is 35.5. The number of benzene rings is 2. The van der Waals surface area contributed by atoms with E-state index in [-0.39, 0.29) is 18.2 Å². The van der Waals surface area contributed by atoms with Gasteiger partial charge in [0.05, 0.1) is 12.1 Å². The maximum absolute atomic E-state index is 12.7. The van der Waals surface area contributed by atoms with Crippen LogP contribution in [0.4, 0.5) is 11.5 Å². The predicted octanol–water partition coefficient (Wildman–Crippen LogP) is 5.41. The maximum Gasteiger partial charge on any atom is 0.251 e. The minimum atomic E-state index is -0.692. The third kappa shape index (κ3) is 4.21. The second-order valence-corrected chi connectivity index (χ2v) is 8.45. The number of halogens is 1. The number of rotatable bonds is 6. The van der Waals surface area contributed by atoms with Gasteiger partial charge in [-0.25, -0.2) is 4.68 Å². The molecule has 0 fully saturated rings. The minimum absolute atomic E-state index is 0.00455. The Bertz CT molecular complexity index is 1130. The van der Waals surface area contributed by atoms with E-state index in [0.717, 1.165) is 16.8 Å². The minimum Gasteiger partial charge on any atom is -0.326 e. The van der Waals surface area contributed by atoms with E-state index in [9.17, 15) is 9.59 Å². The summed E-state index contributed by atoms with van der Waals surface area (Å²) in [5.74, 6) is 0.566. The number of aromatic nitrogens is 2. The number of nitrogens with zero attached hydrogens (tertiary/aromatic N) is 2. The van der Waals surface area contributed by atoms with E-state index in [2.05, 4.69) is 29.6 Å². The Balaban J connectivity index is 1.56. The van der Waals surface area contributed by atoms with Crippen molar-refractivity contribution in [2.24, 2.45) is 0 Å². The molecule has 1 unspecified atom stereocenters. The molecule has 0 saturated carbocycles. The molecule has 1 atom stereocenters. The van der Waals surface area contributed by atoms with E-state index in [1.165, 1.54) is 5.56 Å². The molecule has 160 valence electrons. The average Bonchev–Trinajstić information content (AvgIpc) is 3.23. The fraction of sp³-hybridized carbons (Fsp3) is 0.292. The molecule has 2 amide bonds. The molecule has 0 aliphatic carbocycles. The Morgan fingerprint density at radius 2 is 1.97 bits per heavy atom. The Kier molecular flexibility index (Phi) is 5.83. The van der Waals surface area contributed by atoms with Crippen LogP contribution in [-0.2, 0) is 16.0 Å². The molecule has 1 aliphatic rings. The highest BCUT2D eigenvalue weighted by Crippen LogP contribution is 2.39. The van der Waals surface area contributed by atoms with Crippen LogP contribution in [0.15, 0.2) is 48.5 Å². The molecule has 0 spiro atoms. The third-order valence-electron chi connectivity index (χ3n) is 5.51. The summed E-state index contributed by atoms with van der Waals surface area (Å²) < 4.78 is 1.64. The molecule has 7 heteroatoms. The van der Waals surface area contributed by atoms with Gasteiger partial charge in [0.2, 0.25) is 5.91 Å². The third-order valence-corrected chi connectivity index (χ3v) is 5.75. The van der Waals surface area contributed by atoms with Gasteiger partial charge in [-0.05, 0) is 47.7 Å². The smallest absolute Gasteiger partial charge is 0.251 e. The van der Waals surface area contributed by atoms with Crippen LogP contribution in [0, 0.1) is 0 Å². The number of carbonyl (C=O) groups is 2. The van der Waals surface area contributed by atoms with Crippen molar-refractivity contribution in [2.75, 3.05) is 10.6 Å². The van der Waals surface area contributed by atoms with Gasteiger partial charge in [0.1, 0.15) is 11.9 Å². The summed E-state index contributed by atoms with van der Waals surface area (Å²) >= 11 is 6.17. The quantitative estimate of drug-likeness (QED) is 0.542. The van der Waals surface area contributed by atoms with Crippen LogP contribution in [0.25, 0.3) is 11.1 Å². The maximum atomic E-state index is 12.7. The fourth-order valence-electron chi connectivity index (χ4n) is 3.85. The average molecular weight is 437 g/mol. The first-order valence-electron chi connectivity index (χ1n) is 10.4. The van der Waals surface area contributed by atoms with Gasteiger partial charge in [-0.3, -0.25) is 9.59 Å². The number of carbonyl (C=O) groups excluding carboxylic acids is 2. The predicted molar refractivity (Wildman–Crippen MR) is 123 cm³/mol. The van der Waals surface area contributed by atoms with Crippen molar-refractivity contribution in [3.8, 4) is 11.1 Å². The van der Waals surface area contributed by atoms with Gasteiger partial charge in [-0.1, -0.05) is 56.6 Å². The van der Waals surface area contributed by atoms with Gasteiger partial charge >= 0.3 is 0 Å². The Morgan fingerprint density at radius 1 is 1.23 bits per heavy atom. The zero-order valence-electron chi connectivity index (χ0n) is 17.8. The van der Waals surface area contributed by atoms with E-state index in [1.807, 2.05) is 49.4 Å². The molecular formula is C24H25ClN4O2. The Labute approximate surface area is 186 Å². The van der Waals surface area contributed by atoms with Crippen molar-refractivity contribution in [2.45, 2.75) is 45.6 Å². The standard InChI is InChI=1S/C24H25ClN4O2/c1-4-19-22(16-6-5-7-17(25)12-16)23-27-24(31)20(29(23)28-19)13-21(30)26-18-10-8-15(9-11-18)14(2)3/h5-12,14,20H,4,13H2,1-3H3,(H,26,30)(H,27,31). The molecule has 6 nitrogen and oxygen atoms in total. The summed E-state index contributed by atoms with van der Waals surface area (Å²) in [5.41, 5.74) is 4.51. The lowest BCUT2D eigenvalue weighted by atomic mass is 10.0. The molecule has 2 aromatic carbocycles. The second kappa shape index (κ2) is 8.55. The molecule has 2 heterocycles. The SMILES string of the molecule is CCc1nn2c(c1-c1cccc(Cl)c1)NC(=O)C2CC(=O)Nc1ccc(C(C)C)cc1. The molecule has 4 rings (SSSR count). The number of anilines is 2. The van der Waals surface area contributed by atoms with Gasteiger partial charge in [0.15, 0.2) is 0 Å². The van der Waals surface area contributed by atoms with Crippen molar-refractivity contribution < 1.29 is 9.59 Å². The first kappa shape index (κ1) is 21.1. The summed E-state index contributed by atoms with van der Waals surface area (Å²) in [6, 6.07) is 14.5. The molecule has 0 saturated heterocycles. The number of hydrogen-bond donors (Lipinski definition) is 2. The van der Waals surface area contributed by atoms with E-state index in [0.29, 0.717) is 28.9 Å². The van der Waals surface area contributed by atoms with E-state index in [4.69, 9.17) is 11.6 Å². The lowest BCUT2D eigenvalue weighted by Crippen LogP contribution is -2.24. The van der Waals surface area contributed by atoms with Gasteiger partial charge in [0, 0.05) is 16.3 Å². The van der Waals surface area contributed by atoms with Crippen molar-refractivity contribution in [1.29, 1.82) is 0 Å².